The molecule has 6 heteroatoms. The van der Waals surface area contributed by atoms with Gasteiger partial charge in [-0.15, -0.1) is 0 Å². The Morgan fingerprint density at radius 1 is 1.30 bits per heavy atom. The molecule has 1 aromatic carbocycles. The number of halogens is 1. The van der Waals surface area contributed by atoms with E-state index in [4.69, 9.17) is 9.47 Å². The highest BCUT2D eigenvalue weighted by Crippen LogP contribution is 2.37. The van der Waals surface area contributed by atoms with Gasteiger partial charge in [-0.2, -0.15) is 0 Å². The Hall–Kier alpha value is -1.27. The molecule has 5 nitrogen and oxygen atoms in total. The summed E-state index contributed by atoms with van der Waals surface area (Å²) in [5.41, 5.74) is 0.855. The van der Waals surface area contributed by atoms with Crippen molar-refractivity contribution in [1.29, 1.82) is 0 Å². The molecule has 0 aliphatic rings. The van der Waals surface area contributed by atoms with E-state index in [0.29, 0.717) is 30.4 Å². The molecular weight excluding hydrogens is 362 g/mol. The number of ether oxygens (including phenoxy) is 2. The number of methoxy groups -OCH3 is 1. The predicted octanol–water partition coefficient (Wildman–Crippen LogP) is 3.83. The fraction of sp³-hybridized carbons (Fsp3) is 0.588. The van der Waals surface area contributed by atoms with Crippen molar-refractivity contribution in [3.05, 3.63) is 22.2 Å². The Morgan fingerprint density at radius 2 is 1.96 bits per heavy atom. The van der Waals surface area contributed by atoms with Crippen LogP contribution in [0.4, 0.5) is 0 Å². The summed E-state index contributed by atoms with van der Waals surface area (Å²) < 4.78 is 12.1. The third kappa shape index (κ3) is 6.03. The van der Waals surface area contributed by atoms with Crippen LogP contribution in [-0.2, 0) is 11.3 Å². The van der Waals surface area contributed by atoms with Crippen LogP contribution in [0.2, 0.25) is 0 Å². The molecule has 1 atom stereocenters. The highest BCUT2D eigenvalue weighted by Gasteiger charge is 2.21. The lowest BCUT2D eigenvalue weighted by molar-refractivity contribution is -0.140. The van der Waals surface area contributed by atoms with Crippen LogP contribution in [0.25, 0.3) is 0 Å². The van der Waals surface area contributed by atoms with Crippen LogP contribution in [0.5, 0.6) is 11.5 Å². The average molecular weight is 388 g/mol. The van der Waals surface area contributed by atoms with Crippen LogP contribution in [0, 0.1) is 5.92 Å². The molecule has 0 fully saturated rings. The highest BCUT2D eigenvalue weighted by molar-refractivity contribution is 9.10. The van der Waals surface area contributed by atoms with Gasteiger partial charge in [-0.05, 0) is 38.3 Å². The molecule has 1 unspecified atom stereocenters. The lowest BCUT2D eigenvalue weighted by atomic mass is 10.0. The zero-order chi connectivity index (χ0) is 17.6. The van der Waals surface area contributed by atoms with E-state index in [2.05, 4.69) is 21.2 Å². The number of nitrogens with one attached hydrogen (secondary N) is 1. The lowest BCUT2D eigenvalue weighted by Gasteiger charge is -2.21. The Morgan fingerprint density at radius 3 is 2.43 bits per heavy atom. The minimum atomic E-state index is -0.843. The molecule has 0 heterocycles. The van der Waals surface area contributed by atoms with Crippen molar-refractivity contribution >= 4 is 21.9 Å². The van der Waals surface area contributed by atoms with Gasteiger partial charge < -0.3 is 19.9 Å². The Balaban J connectivity index is 3.03. The number of hydrogen-bond acceptors (Lipinski definition) is 4. The van der Waals surface area contributed by atoms with Gasteiger partial charge in [0.1, 0.15) is 6.04 Å². The molecule has 0 saturated carbocycles. The maximum atomic E-state index is 11.4. The number of aliphatic carboxylic acids is 1. The predicted molar refractivity (Wildman–Crippen MR) is 94.2 cm³/mol. The fourth-order valence-electron chi connectivity index (χ4n) is 2.24. The minimum absolute atomic E-state index is 0.0112. The van der Waals surface area contributed by atoms with Crippen molar-refractivity contribution in [2.45, 2.75) is 52.8 Å². The van der Waals surface area contributed by atoms with Crippen LogP contribution in [0.3, 0.4) is 0 Å². The van der Waals surface area contributed by atoms with Gasteiger partial charge in [0, 0.05) is 16.6 Å². The quantitative estimate of drug-likeness (QED) is 0.673. The molecule has 0 spiro atoms. The lowest BCUT2D eigenvalue weighted by Crippen LogP contribution is -2.37. The highest BCUT2D eigenvalue weighted by atomic mass is 79.9. The average Bonchev–Trinajstić information content (AvgIpc) is 2.44. The summed E-state index contributed by atoms with van der Waals surface area (Å²) in [6, 6.07) is 3.11. The van der Waals surface area contributed by atoms with E-state index < -0.39 is 12.0 Å². The molecule has 0 amide bonds. The van der Waals surface area contributed by atoms with Crippen molar-refractivity contribution in [2.24, 2.45) is 5.92 Å². The summed E-state index contributed by atoms with van der Waals surface area (Å²) in [5, 5.41) is 12.5. The molecule has 0 aliphatic heterocycles. The van der Waals surface area contributed by atoms with Gasteiger partial charge >= 0.3 is 5.97 Å². The van der Waals surface area contributed by atoms with Crippen molar-refractivity contribution in [2.75, 3.05) is 7.11 Å². The standard InChI is InChI=1S/C17H26BrNO4/c1-10(2)8-14(17(20)21)19-9-12-13(18)6-7-15(22-5)16(12)23-11(3)4/h6-7,10-11,14,19H,8-9H2,1-5H3,(H,20,21). The number of rotatable bonds is 9. The van der Waals surface area contributed by atoms with Crippen molar-refractivity contribution < 1.29 is 19.4 Å². The topological polar surface area (TPSA) is 67.8 Å². The second-order valence-electron chi connectivity index (χ2n) is 6.13. The van der Waals surface area contributed by atoms with E-state index in [-0.39, 0.29) is 6.10 Å². The van der Waals surface area contributed by atoms with Crippen LogP contribution in [0.1, 0.15) is 39.7 Å². The molecule has 0 bridgehead atoms. The minimum Gasteiger partial charge on any atom is -0.493 e. The second-order valence-corrected chi connectivity index (χ2v) is 6.98. The molecule has 0 aliphatic carbocycles. The fourth-order valence-corrected chi connectivity index (χ4v) is 2.69. The van der Waals surface area contributed by atoms with Gasteiger partial charge in [0.05, 0.1) is 13.2 Å². The summed E-state index contributed by atoms with van der Waals surface area (Å²) in [7, 11) is 1.59. The molecule has 2 N–H and O–H groups in total. The summed E-state index contributed by atoms with van der Waals surface area (Å²) in [6.45, 7) is 8.27. The van der Waals surface area contributed by atoms with Crippen molar-refractivity contribution in [3.63, 3.8) is 0 Å². The third-order valence-corrected chi connectivity index (χ3v) is 4.01. The first-order valence-electron chi connectivity index (χ1n) is 7.74. The summed E-state index contributed by atoms with van der Waals surface area (Å²) in [5.74, 6) is 0.722. The van der Waals surface area contributed by atoms with Gasteiger partial charge in [0.25, 0.3) is 0 Å². The molecule has 1 rings (SSSR count). The summed E-state index contributed by atoms with van der Waals surface area (Å²) in [4.78, 5) is 11.4. The number of carbonyl (C=O) groups is 1. The smallest absolute Gasteiger partial charge is 0.320 e. The third-order valence-electron chi connectivity index (χ3n) is 3.27. The van der Waals surface area contributed by atoms with E-state index in [9.17, 15) is 9.90 Å². The monoisotopic (exact) mass is 387 g/mol. The van der Waals surface area contributed by atoms with Gasteiger partial charge in [-0.3, -0.25) is 4.79 Å². The van der Waals surface area contributed by atoms with Crippen LogP contribution < -0.4 is 14.8 Å². The summed E-state index contributed by atoms with van der Waals surface area (Å²) in [6.07, 6.45) is 0.556. The number of carboxylic acid groups (broad SMARTS) is 1. The molecule has 0 radical (unpaired) electrons. The molecular formula is C17H26BrNO4. The van der Waals surface area contributed by atoms with Crippen LogP contribution in [-0.4, -0.2) is 30.3 Å². The Labute approximate surface area is 146 Å². The molecule has 0 aromatic heterocycles. The van der Waals surface area contributed by atoms with E-state index in [0.717, 1.165) is 10.0 Å². The second kappa shape index (κ2) is 9.13. The van der Waals surface area contributed by atoms with E-state index in [1.165, 1.54) is 0 Å². The zero-order valence-corrected chi connectivity index (χ0v) is 15.9. The molecule has 130 valence electrons. The van der Waals surface area contributed by atoms with Gasteiger partial charge in [0.15, 0.2) is 11.5 Å². The maximum Gasteiger partial charge on any atom is 0.320 e. The summed E-state index contributed by atoms with van der Waals surface area (Å²) >= 11 is 3.52. The van der Waals surface area contributed by atoms with Crippen molar-refractivity contribution in [1.82, 2.24) is 5.32 Å². The number of benzene rings is 1. The first-order valence-corrected chi connectivity index (χ1v) is 8.53. The normalized spacial score (nSPS) is 12.5. The van der Waals surface area contributed by atoms with E-state index >= 15 is 0 Å². The number of carboxylic acids is 1. The molecule has 0 saturated heterocycles. The van der Waals surface area contributed by atoms with Crippen molar-refractivity contribution in [3.8, 4) is 11.5 Å². The van der Waals surface area contributed by atoms with E-state index in [1.54, 1.807) is 7.11 Å². The van der Waals surface area contributed by atoms with E-state index in [1.807, 2.05) is 39.8 Å². The molecule has 23 heavy (non-hydrogen) atoms. The largest absolute Gasteiger partial charge is 0.493 e. The zero-order valence-electron chi connectivity index (χ0n) is 14.4. The first kappa shape index (κ1) is 19.8. The van der Waals surface area contributed by atoms with Crippen LogP contribution >= 0.6 is 15.9 Å². The first-order chi connectivity index (χ1) is 10.8. The van der Waals surface area contributed by atoms with Gasteiger partial charge in [0.2, 0.25) is 0 Å². The van der Waals surface area contributed by atoms with Gasteiger partial charge in [-0.25, -0.2) is 0 Å². The number of hydrogen-bond donors (Lipinski definition) is 2. The Kier molecular flexibility index (Phi) is 7.85. The Bertz CT molecular complexity index is 532. The molecule has 1 aromatic rings. The SMILES string of the molecule is COc1ccc(Br)c(CNC(CC(C)C)C(=O)O)c1OC(C)C. The van der Waals surface area contributed by atoms with Gasteiger partial charge in [-0.1, -0.05) is 29.8 Å². The maximum absolute atomic E-state index is 11.4. The van der Waals surface area contributed by atoms with Crippen LogP contribution in [0.15, 0.2) is 16.6 Å².